The molecule has 0 saturated heterocycles. The van der Waals surface area contributed by atoms with E-state index in [4.69, 9.17) is 0 Å². The highest BCUT2D eigenvalue weighted by atomic mass is 16.2. The van der Waals surface area contributed by atoms with E-state index in [2.05, 4.69) is 16.0 Å². The summed E-state index contributed by atoms with van der Waals surface area (Å²) in [5.41, 5.74) is 0. The van der Waals surface area contributed by atoms with E-state index < -0.39 is 6.04 Å². The lowest BCUT2D eigenvalue weighted by molar-refractivity contribution is -0.123. The summed E-state index contributed by atoms with van der Waals surface area (Å²) >= 11 is 0. The molecule has 2 fully saturated rings. The predicted molar refractivity (Wildman–Crippen MR) is 64.6 cm³/mol. The van der Waals surface area contributed by atoms with Crippen LogP contribution in [0.5, 0.6) is 0 Å². The van der Waals surface area contributed by atoms with E-state index in [9.17, 15) is 9.59 Å². The Labute approximate surface area is 102 Å². The molecule has 0 radical (unpaired) electrons. The van der Waals surface area contributed by atoms with Gasteiger partial charge in [0.2, 0.25) is 5.91 Å². The summed E-state index contributed by atoms with van der Waals surface area (Å²) in [5, 5.41) is 8.44. The quantitative estimate of drug-likeness (QED) is 0.682. The molecule has 0 aromatic heterocycles. The van der Waals surface area contributed by atoms with Gasteiger partial charge in [-0.25, -0.2) is 4.79 Å². The molecule has 1 atom stereocenters. The zero-order valence-electron chi connectivity index (χ0n) is 10.3. The Morgan fingerprint density at radius 3 is 2.18 bits per heavy atom. The highest BCUT2D eigenvalue weighted by Crippen LogP contribution is 2.18. The van der Waals surface area contributed by atoms with E-state index in [-0.39, 0.29) is 11.9 Å². The maximum atomic E-state index is 11.8. The Balaban J connectivity index is 1.67. The fourth-order valence-corrected chi connectivity index (χ4v) is 2.11. The van der Waals surface area contributed by atoms with Crippen molar-refractivity contribution in [3.05, 3.63) is 0 Å². The molecule has 2 aliphatic rings. The van der Waals surface area contributed by atoms with Crippen molar-refractivity contribution in [1.82, 2.24) is 16.0 Å². The highest BCUT2D eigenvalue weighted by Gasteiger charge is 2.25. The number of carbonyl (C=O) groups is 2. The second-order valence-electron chi connectivity index (χ2n) is 5.10. The molecule has 0 aromatic carbocycles. The van der Waals surface area contributed by atoms with E-state index in [1.54, 1.807) is 6.92 Å². The van der Waals surface area contributed by atoms with Gasteiger partial charge in [0, 0.05) is 12.1 Å². The van der Waals surface area contributed by atoms with Crippen molar-refractivity contribution in [2.24, 2.45) is 0 Å². The van der Waals surface area contributed by atoms with Crippen molar-refractivity contribution in [2.45, 2.75) is 63.6 Å². The third kappa shape index (κ3) is 3.91. The first-order chi connectivity index (χ1) is 8.15. The Morgan fingerprint density at radius 1 is 1.00 bits per heavy atom. The summed E-state index contributed by atoms with van der Waals surface area (Å²) in [4.78, 5) is 23.2. The standard InChI is InChI=1S/C12H21N3O2/c1-8(13-12(17)15-10-6-7-10)11(16)14-9-4-2-3-5-9/h8-10H,2-7H2,1H3,(H,14,16)(H2,13,15,17)/t8-/m1/s1. The van der Waals surface area contributed by atoms with Gasteiger partial charge in [0.25, 0.3) is 0 Å². The fourth-order valence-electron chi connectivity index (χ4n) is 2.11. The average Bonchev–Trinajstić information content (AvgIpc) is 2.93. The minimum Gasteiger partial charge on any atom is -0.352 e. The molecular weight excluding hydrogens is 218 g/mol. The van der Waals surface area contributed by atoms with Gasteiger partial charge in [-0.05, 0) is 32.6 Å². The maximum absolute atomic E-state index is 11.8. The van der Waals surface area contributed by atoms with Crippen LogP contribution in [-0.4, -0.2) is 30.1 Å². The predicted octanol–water partition coefficient (Wildman–Crippen LogP) is 0.895. The molecule has 5 nitrogen and oxygen atoms in total. The minimum absolute atomic E-state index is 0.0807. The summed E-state index contributed by atoms with van der Waals surface area (Å²) in [6, 6.07) is -0.0748. The monoisotopic (exact) mass is 239 g/mol. The lowest BCUT2D eigenvalue weighted by Crippen LogP contribution is -2.50. The van der Waals surface area contributed by atoms with Crippen molar-refractivity contribution in [2.75, 3.05) is 0 Å². The minimum atomic E-state index is -0.464. The molecule has 0 heterocycles. The number of nitrogens with one attached hydrogen (secondary N) is 3. The normalized spacial score (nSPS) is 21.9. The van der Waals surface area contributed by atoms with Gasteiger partial charge in [0.15, 0.2) is 0 Å². The van der Waals surface area contributed by atoms with Crippen LogP contribution < -0.4 is 16.0 Å². The average molecular weight is 239 g/mol. The van der Waals surface area contributed by atoms with Crippen molar-refractivity contribution in [1.29, 1.82) is 0 Å². The van der Waals surface area contributed by atoms with E-state index in [0.29, 0.717) is 12.1 Å². The van der Waals surface area contributed by atoms with Crippen LogP contribution in [-0.2, 0) is 4.79 Å². The molecule has 0 bridgehead atoms. The van der Waals surface area contributed by atoms with Gasteiger partial charge in [0.1, 0.15) is 6.04 Å². The molecule has 3 N–H and O–H groups in total. The number of carbonyl (C=O) groups excluding carboxylic acids is 2. The van der Waals surface area contributed by atoms with Crippen LogP contribution in [0.1, 0.15) is 45.4 Å². The van der Waals surface area contributed by atoms with Crippen LogP contribution in [0.15, 0.2) is 0 Å². The molecule has 2 aliphatic carbocycles. The highest BCUT2D eigenvalue weighted by molar-refractivity contribution is 5.86. The van der Waals surface area contributed by atoms with Crippen LogP contribution >= 0.6 is 0 Å². The number of hydrogen-bond acceptors (Lipinski definition) is 2. The van der Waals surface area contributed by atoms with Crippen LogP contribution in [0.4, 0.5) is 4.79 Å². The van der Waals surface area contributed by atoms with Crippen molar-refractivity contribution >= 4 is 11.9 Å². The number of amides is 3. The first-order valence-electron chi connectivity index (χ1n) is 6.52. The van der Waals surface area contributed by atoms with Crippen LogP contribution in [0.2, 0.25) is 0 Å². The van der Waals surface area contributed by atoms with E-state index in [1.807, 2.05) is 0 Å². The van der Waals surface area contributed by atoms with Gasteiger partial charge in [-0.3, -0.25) is 4.79 Å². The summed E-state index contributed by atoms with van der Waals surface area (Å²) < 4.78 is 0. The summed E-state index contributed by atoms with van der Waals surface area (Å²) in [6.45, 7) is 1.72. The van der Waals surface area contributed by atoms with Gasteiger partial charge in [-0.2, -0.15) is 0 Å². The Morgan fingerprint density at radius 2 is 1.59 bits per heavy atom. The number of urea groups is 1. The number of hydrogen-bond donors (Lipinski definition) is 3. The first-order valence-corrected chi connectivity index (χ1v) is 6.52. The largest absolute Gasteiger partial charge is 0.352 e. The SMILES string of the molecule is C[C@@H](NC(=O)NC1CC1)C(=O)NC1CCCC1. The van der Waals surface area contributed by atoms with E-state index >= 15 is 0 Å². The van der Waals surface area contributed by atoms with Crippen molar-refractivity contribution in [3.8, 4) is 0 Å². The zero-order chi connectivity index (χ0) is 12.3. The fraction of sp³-hybridized carbons (Fsp3) is 0.833. The van der Waals surface area contributed by atoms with Crippen LogP contribution in [0, 0.1) is 0 Å². The molecule has 96 valence electrons. The molecule has 0 spiro atoms. The molecule has 2 saturated carbocycles. The Hall–Kier alpha value is -1.26. The first kappa shape index (κ1) is 12.2. The third-order valence-electron chi connectivity index (χ3n) is 3.36. The second-order valence-corrected chi connectivity index (χ2v) is 5.10. The molecule has 0 unspecified atom stereocenters. The Bertz CT molecular complexity index is 296. The lowest BCUT2D eigenvalue weighted by atomic mass is 10.2. The van der Waals surface area contributed by atoms with E-state index in [0.717, 1.165) is 25.7 Å². The molecule has 17 heavy (non-hydrogen) atoms. The summed E-state index contributed by atoms with van der Waals surface area (Å²) in [5.74, 6) is -0.0807. The molecule has 2 rings (SSSR count). The molecular formula is C12H21N3O2. The van der Waals surface area contributed by atoms with Gasteiger partial charge in [0.05, 0.1) is 0 Å². The Kier molecular flexibility index (Phi) is 3.86. The lowest BCUT2D eigenvalue weighted by Gasteiger charge is -2.17. The summed E-state index contributed by atoms with van der Waals surface area (Å²) in [6.07, 6.45) is 6.61. The smallest absolute Gasteiger partial charge is 0.315 e. The van der Waals surface area contributed by atoms with Gasteiger partial charge >= 0.3 is 6.03 Å². The molecule has 5 heteroatoms. The van der Waals surface area contributed by atoms with E-state index in [1.165, 1.54) is 12.8 Å². The molecule has 3 amide bonds. The maximum Gasteiger partial charge on any atom is 0.315 e. The third-order valence-corrected chi connectivity index (χ3v) is 3.36. The second kappa shape index (κ2) is 5.38. The van der Waals surface area contributed by atoms with Gasteiger partial charge in [-0.15, -0.1) is 0 Å². The van der Waals surface area contributed by atoms with Gasteiger partial charge < -0.3 is 16.0 Å². The zero-order valence-corrected chi connectivity index (χ0v) is 10.3. The topological polar surface area (TPSA) is 70.2 Å². The molecule has 0 aromatic rings. The molecule has 0 aliphatic heterocycles. The van der Waals surface area contributed by atoms with Crippen molar-refractivity contribution in [3.63, 3.8) is 0 Å². The number of rotatable bonds is 4. The van der Waals surface area contributed by atoms with Crippen molar-refractivity contribution < 1.29 is 9.59 Å². The van der Waals surface area contributed by atoms with Crippen LogP contribution in [0.3, 0.4) is 0 Å². The van der Waals surface area contributed by atoms with Crippen LogP contribution in [0.25, 0.3) is 0 Å². The summed E-state index contributed by atoms with van der Waals surface area (Å²) in [7, 11) is 0. The van der Waals surface area contributed by atoms with Gasteiger partial charge in [-0.1, -0.05) is 12.8 Å².